The molecule has 4 rings (SSSR count). The molecule has 2 aliphatic heterocycles. The van der Waals surface area contributed by atoms with E-state index in [9.17, 15) is 19.2 Å². The van der Waals surface area contributed by atoms with Gasteiger partial charge in [-0.25, -0.2) is 4.79 Å². The summed E-state index contributed by atoms with van der Waals surface area (Å²) in [5, 5.41) is 9.49. The second-order valence-electron chi connectivity index (χ2n) is 15.5. The number of rotatable bonds is 28. The first-order valence-corrected chi connectivity index (χ1v) is 22.1. The molecule has 0 radical (unpaired) electrons. The van der Waals surface area contributed by atoms with E-state index >= 15 is 0 Å². The molecule has 302 valence electrons. The third kappa shape index (κ3) is 16.5. The molecule has 0 bridgehead atoms. The van der Waals surface area contributed by atoms with Crippen LogP contribution in [0.15, 0.2) is 48.5 Å². The molecule has 2 fully saturated rings. The van der Waals surface area contributed by atoms with Crippen LogP contribution in [0.4, 0.5) is 16.2 Å². The SMILES string of the molecule is CCN(CCCCC(=O)CCCCCNC(=O)CCCCCCC(=O)CCCC[C@@H]1SC[C@@H]2NC(=O)N[C@@H]21)c1ccc(/C=C/c2ccc(N(C)C)cc2)cc1. The molecule has 0 unspecified atom stereocenters. The van der Waals surface area contributed by atoms with Crippen LogP contribution in [0, 0.1) is 0 Å². The lowest BCUT2D eigenvalue weighted by molar-refractivity contribution is -0.121. The second kappa shape index (κ2) is 24.7. The summed E-state index contributed by atoms with van der Waals surface area (Å²) in [4.78, 5) is 53.0. The van der Waals surface area contributed by atoms with Crippen molar-refractivity contribution in [2.45, 2.75) is 133 Å². The van der Waals surface area contributed by atoms with Crippen molar-refractivity contribution in [1.29, 1.82) is 0 Å². The Morgan fingerprint density at radius 1 is 0.709 bits per heavy atom. The number of ketones is 2. The summed E-state index contributed by atoms with van der Waals surface area (Å²) in [6, 6.07) is 17.7. The molecule has 3 N–H and O–H groups in total. The van der Waals surface area contributed by atoms with Gasteiger partial charge in [-0.3, -0.25) is 14.4 Å². The van der Waals surface area contributed by atoms with E-state index in [1.165, 1.54) is 22.5 Å². The Morgan fingerprint density at radius 2 is 1.25 bits per heavy atom. The molecule has 55 heavy (non-hydrogen) atoms. The number of nitrogens with zero attached hydrogens (tertiary/aromatic N) is 2. The first-order chi connectivity index (χ1) is 26.7. The maximum Gasteiger partial charge on any atom is 0.315 e. The van der Waals surface area contributed by atoms with Gasteiger partial charge in [0.1, 0.15) is 11.6 Å². The summed E-state index contributed by atoms with van der Waals surface area (Å²) in [5.41, 5.74) is 4.76. The normalized spacial score (nSPS) is 17.5. The highest BCUT2D eigenvalue weighted by atomic mass is 32.2. The molecular formula is C45H67N5O4S. The number of thioether (sulfide) groups is 1. The van der Waals surface area contributed by atoms with Crippen LogP contribution >= 0.6 is 11.8 Å². The minimum atomic E-state index is -0.0456. The topological polar surface area (TPSA) is 111 Å². The summed E-state index contributed by atoms with van der Waals surface area (Å²) in [5.74, 6) is 1.76. The molecule has 0 spiro atoms. The quantitative estimate of drug-likeness (QED) is 0.0451. The molecule has 2 saturated heterocycles. The van der Waals surface area contributed by atoms with E-state index in [-0.39, 0.29) is 24.0 Å². The zero-order valence-corrected chi connectivity index (χ0v) is 34.6. The predicted molar refractivity (Wildman–Crippen MR) is 231 cm³/mol. The van der Waals surface area contributed by atoms with Crippen molar-refractivity contribution < 1.29 is 19.2 Å². The van der Waals surface area contributed by atoms with Crippen molar-refractivity contribution in [1.82, 2.24) is 16.0 Å². The van der Waals surface area contributed by atoms with Gasteiger partial charge < -0.3 is 25.8 Å². The second-order valence-corrected chi connectivity index (χ2v) is 16.7. The molecule has 9 nitrogen and oxygen atoms in total. The first-order valence-electron chi connectivity index (χ1n) is 21.0. The Hall–Kier alpha value is -3.79. The summed E-state index contributed by atoms with van der Waals surface area (Å²) >= 11 is 1.93. The highest BCUT2D eigenvalue weighted by molar-refractivity contribution is 8.00. The van der Waals surface area contributed by atoms with Crippen molar-refractivity contribution in [3.8, 4) is 0 Å². The number of nitrogens with one attached hydrogen (secondary N) is 3. The first kappa shape index (κ1) is 43.9. The predicted octanol–water partition coefficient (Wildman–Crippen LogP) is 8.80. The number of Topliss-reactive ketones (excluding diaryl/α,β-unsaturated/α-hetero) is 2. The third-order valence-electron chi connectivity index (χ3n) is 10.8. The van der Waals surface area contributed by atoms with Gasteiger partial charge in [-0.2, -0.15) is 11.8 Å². The van der Waals surface area contributed by atoms with E-state index in [0.717, 1.165) is 95.9 Å². The number of hydrogen-bond acceptors (Lipinski definition) is 7. The fraction of sp³-hybridized carbons (Fsp3) is 0.600. The van der Waals surface area contributed by atoms with Gasteiger partial charge in [0, 0.05) is 88.2 Å². The van der Waals surface area contributed by atoms with Gasteiger partial charge in [0.25, 0.3) is 0 Å². The standard InChI is InChI=1S/C45H67N5O4S/c1-4-50(38-30-26-36(27-31-38)23-22-35-24-28-37(29-25-35)49(2)3)33-15-13-19-40(52)17-9-7-14-32-46-43(53)21-10-6-5-8-16-39(51)18-11-12-20-42-44-41(34-55-42)47-45(54)48-44/h22-31,41-42,44H,4-21,32-34H2,1-3H3,(H,46,53)(H2,47,48,54)/b23-22+/t41-,42-,44-/m0/s1. The number of fused-ring (bicyclic) bond motifs is 1. The molecular weight excluding hydrogens is 707 g/mol. The maximum atomic E-state index is 12.5. The molecule has 2 aliphatic rings. The van der Waals surface area contributed by atoms with E-state index < -0.39 is 0 Å². The van der Waals surface area contributed by atoms with Gasteiger partial charge in [-0.1, -0.05) is 62.1 Å². The van der Waals surface area contributed by atoms with Gasteiger partial charge >= 0.3 is 6.03 Å². The summed E-state index contributed by atoms with van der Waals surface area (Å²) in [6.07, 6.45) is 18.7. The summed E-state index contributed by atoms with van der Waals surface area (Å²) < 4.78 is 0. The van der Waals surface area contributed by atoms with Gasteiger partial charge in [0.2, 0.25) is 5.91 Å². The number of urea groups is 1. The van der Waals surface area contributed by atoms with Gasteiger partial charge in [0.15, 0.2) is 0 Å². The molecule has 2 heterocycles. The van der Waals surface area contributed by atoms with E-state index in [0.29, 0.717) is 55.5 Å². The Morgan fingerprint density at radius 3 is 1.85 bits per heavy atom. The molecule has 2 aromatic carbocycles. The zero-order chi connectivity index (χ0) is 39.3. The monoisotopic (exact) mass is 773 g/mol. The minimum Gasteiger partial charge on any atom is -0.378 e. The lowest BCUT2D eigenvalue weighted by Gasteiger charge is -2.23. The largest absolute Gasteiger partial charge is 0.378 e. The van der Waals surface area contributed by atoms with Crippen LogP contribution in [-0.2, 0) is 14.4 Å². The van der Waals surface area contributed by atoms with Crippen LogP contribution in [0.3, 0.4) is 0 Å². The average molecular weight is 774 g/mol. The third-order valence-corrected chi connectivity index (χ3v) is 12.4. The van der Waals surface area contributed by atoms with Crippen molar-refractivity contribution in [2.75, 3.05) is 49.3 Å². The molecule has 0 aromatic heterocycles. The summed E-state index contributed by atoms with van der Waals surface area (Å²) in [7, 11) is 4.10. The van der Waals surface area contributed by atoms with Crippen LogP contribution in [0.25, 0.3) is 12.2 Å². The zero-order valence-electron chi connectivity index (χ0n) is 33.8. The molecule has 10 heteroatoms. The van der Waals surface area contributed by atoms with E-state index in [1.807, 2.05) is 25.9 Å². The molecule has 3 amide bonds. The van der Waals surface area contributed by atoms with Crippen LogP contribution in [0.5, 0.6) is 0 Å². The van der Waals surface area contributed by atoms with Crippen LogP contribution in [0.1, 0.15) is 127 Å². The fourth-order valence-corrected chi connectivity index (χ4v) is 8.97. The van der Waals surface area contributed by atoms with E-state index in [4.69, 9.17) is 0 Å². The van der Waals surface area contributed by atoms with E-state index in [1.54, 1.807) is 0 Å². The number of amides is 3. The molecule has 0 aliphatic carbocycles. The Balaban J connectivity index is 0.920. The molecule has 0 saturated carbocycles. The van der Waals surface area contributed by atoms with E-state index in [2.05, 4.69) is 93.4 Å². The van der Waals surface area contributed by atoms with Crippen LogP contribution in [-0.4, -0.2) is 80.3 Å². The Labute approximate surface area is 335 Å². The fourth-order valence-electron chi connectivity index (χ4n) is 7.43. The lowest BCUT2D eigenvalue weighted by atomic mass is 10.0. The summed E-state index contributed by atoms with van der Waals surface area (Å²) in [6.45, 7) is 4.73. The molecule has 2 aromatic rings. The lowest BCUT2D eigenvalue weighted by Crippen LogP contribution is -2.36. The van der Waals surface area contributed by atoms with Crippen molar-refractivity contribution >= 4 is 58.8 Å². The number of carbonyl (C=O) groups is 4. The number of unbranched alkanes of at least 4 members (excludes halogenated alkanes) is 7. The number of benzene rings is 2. The minimum absolute atomic E-state index is 0.0456. The Kier molecular flexibility index (Phi) is 19.7. The van der Waals surface area contributed by atoms with Crippen molar-refractivity contribution in [3.63, 3.8) is 0 Å². The van der Waals surface area contributed by atoms with Crippen molar-refractivity contribution in [3.05, 3.63) is 59.7 Å². The van der Waals surface area contributed by atoms with Gasteiger partial charge in [0.05, 0.1) is 12.1 Å². The smallest absolute Gasteiger partial charge is 0.315 e. The number of hydrogen-bond donors (Lipinski definition) is 3. The van der Waals surface area contributed by atoms with Crippen molar-refractivity contribution in [2.24, 2.45) is 0 Å². The maximum absolute atomic E-state index is 12.5. The number of carbonyl (C=O) groups excluding carboxylic acids is 4. The highest BCUT2D eigenvalue weighted by Gasteiger charge is 2.42. The molecule has 3 atom stereocenters. The Bertz CT molecular complexity index is 1500. The number of anilines is 2. The highest BCUT2D eigenvalue weighted by Crippen LogP contribution is 2.33. The average Bonchev–Trinajstić information content (AvgIpc) is 3.74. The van der Waals surface area contributed by atoms with Crippen LogP contribution < -0.4 is 25.8 Å². The van der Waals surface area contributed by atoms with Gasteiger partial charge in [-0.05, 0) is 93.7 Å². The van der Waals surface area contributed by atoms with Crippen LogP contribution in [0.2, 0.25) is 0 Å². The van der Waals surface area contributed by atoms with Gasteiger partial charge in [-0.15, -0.1) is 0 Å².